The van der Waals surface area contributed by atoms with Crippen LogP contribution in [0.2, 0.25) is 0 Å². The predicted molar refractivity (Wildman–Crippen MR) is 70.8 cm³/mol. The number of nitrogen functional groups attached to an aromatic ring is 1. The van der Waals surface area contributed by atoms with Gasteiger partial charge in [0.1, 0.15) is 0 Å². The van der Waals surface area contributed by atoms with Crippen LogP contribution in [-0.4, -0.2) is 22.9 Å². The van der Waals surface area contributed by atoms with Crippen molar-refractivity contribution in [2.24, 2.45) is 0 Å². The van der Waals surface area contributed by atoms with Crippen molar-refractivity contribution in [2.45, 2.75) is 6.92 Å². The van der Waals surface area contributed by atoms with Crippen molar-refractivity contribution in [1.82, 2.24) is 15.1 Å². The minimum atomic E-state index is -0.334. The number of benzene rings is 1. The van der Waals surface area contributed by atoms with E-state index in [9.17, 15) is 4.79 Å². The number of carbonyl (C=O) groups is 1. The molecule has 1 aromatic heterocycles. The van der Waals surface area contributed by atoms with E-state index in [0.29, 0.717) is 17.2 Å². The molecule has 0 bridgehead atoms. The zero-order valence-electron chi connectivity index (χ0n) is 10.3. The summed E-state index contributed by atoms with van der Waals surface area (Å²) in [6.07, 6.45) is 0. The maximum Gasteiger partial charge on any atom is 0.320 e. The minimum Gasteiger partial charge on any atom is -0.394 e. The summed E-state index contributed by atoms with van der Waals surface area (Å²) in [6.45, 7) is 1.80. The highest BCUT2D eigenvalue weighted by Gasteiger charge is 2.15. The average Bonchev–Trinajstić information content (AvgIpc) is 2.68. The number of carbonyl (C=O) groups excluding carboxylic acids is 1. The molecule has 6 nitrogen and oxygen atoms in total. The summed E-state index contributed by atoms with van der Waals surface area (Å²) in [7, 11) is 1.54. The molecule has 1 heterocycles. The normalized spacial score (nSPS) is 10.1. The Kier molecular flexibility index (Phi) is 3.18. The third-order valence-electron chi connectivity index (χ3n) is 2.57. The first-order valence-electron chi connectivity index (χ1n) is 5.52. The van der Waals surface area contributed by atoms with Crippen molar-refractivity contribution >= 4 is 17.5 Å². The van der Waals surface area contributed by atoms with E-state index in [2.05, 4.69) is 15.7 Å². The van der Waals surface area contributed by atoms with Gasteiger partial charge in [0.25, 0.3) is 0 Å². The fourth-order valence-corrected chi connectivity index (χ4v) is 1.59. The maximum absolute atomic E-state index is 11.4. The number of hydrogen-bond donors (Lipinski definition) is 3. The molecule has 2 aromatic rings. The SMILES string of the molecule is CNC(=O)Nc1c(N)c(C)nn1-c1ccccc1. The molecule has 0 aliphatic rings. The Bertz CT molecular complexity index is 561. The monoisotopic (exact) mass is 245 g/mol. The van der Waals surface area contributed by atoms with E-state index in [1.165, 1.54) is 0 Å². The number of nitrogens with one attached hydrogen (secondary N) is 2. The van der Waals surface area contributed by atoms with Gasteiger partial charge in [-0.2, -0.15) is 5.10 Å². The molecule has 1 aromatic carbocycles. The molecular formula is C12H15N5O. The first-order valence-corrected chi connectivity index (χ1v) is 5.52. The van der Waals surface area contributed by atoms with Crippen LogP contribution in [0.15, 0.2) is 30.3 Å². The Morgan fingerprint density at radius 2 is 2.00 bits per heavy atom. The number of hydrogen-bond acceptors (Lipinski definition) is 3. The summed E-state index contributed by atoms with van der Waals surface area (Å²) in [5.41, 5.74) is 7.89. The summed E-state index contributed by atoms with van der Waals surface area (Å²) in [5.74, 6) is 0.470. The largest absolute Gasteiger partial charge is 0.394 e. The molecular weight excluding hydrogens is 230 g/mol. The lowest BCUT2D eigenvalue weighted by Crippen LogP contribution is -2.26. The van der Waals surface area contributed by atoms with Gasteiger partial charge in [-0.15, -0.1) is 0 Å². The van der Waals surface area contributed by atoms with Crippen LogP contribution >= 0.6 is 0 Å². The average molecular weight is 245 g/mol. The summed E-state index contributed by atoms with van der Waals surface area (Å²) in [6, 6.07) is 9.15. The van der Waals surface area contributed by atoms with Crippen molar-refractivity contribution < 1.29 is 4.79 Å². The molecule has 0 spiro atoms. The van der Waals surface area contributed by atoms with Crippen LogP contribution in [0.4, 0.5) is 16.3 Å². The van der Waals surface area contributed by atoms with Gasteiger partial charge in [0, 0.05) is 7.05 Å². The molecule has 18 heavy (non-hydrogen) atoms. The first-order chi connectivity index (χ1) is 8.63. The van der Waals surface area contributed by atoms with Crippen LogP contribution in [0.25, 0.3) is 5.69 Å². The zero-order valence-corrected chi connectivity index (χ0v) is 10.3. The lowest BCUT2D eigenvalue weighted by Gasteiger charge is -2.09. The number of anilines is 2. The summed E-state index contributed by atoms with van der Waals surface area (Å²) in [4.78, 5) is 11.4. The van der Waals surface area contributed by atoms with Crippen molar-refractivity contribution in [3.8, 4) is 5.69 Å². The van der Waals surface area contributed by atoms with Crippen molar-refractivity contribution in [1.29, 1.82) is 0 Å². The highest BCUT2D eigenvalue weighted by molar-refractivity contribution is 5.92. The van der Waals surface area contributed by atoms with Crippen LogP contribution in [-0.2, 0) is 0 Å². The van der Waals surface area contributed by atoms with Gasteiger partial charge >= 0.3 is 6.03 Å². The number of urea groups is 1. The number of rotatable bonds is 2. The fourth-order valence-electron chi connectivity index (χ4n) is 1.59. The summed E-state index contributed by atoms with van der Waals surface area (Å²) < 4.78 is 1.61. The Morgan fingerprint density at radius 3 is 2.61 bits per heavy atom. The highest BCUT2D eigenvalue weighted by Crippen LogP contribution is 2.25. The Hall–Kier alpha value is -2.50. The highest BCUT2D eigenvalue weighted by atomic mass is 16.2. The van der Waals surface area contributed by atoms with E-state index in [4.69, 9.17) is 5.73 Å². The summed E-state index contributed by atoms with van der Waals surface area (Å²) >= 11 is 0. The van der Waals surface area contributed by atoms with Gasteiger partial charge in [0.2, 0.25) is 0 Å². The predicted octanol–water partition coefficient (Wildman–Crippen LogP) is 1.51. The van der Waals surface area contributed by atoms with E-state index < -0.39 is 0 Å². The molecule has 94 valence electrons. The van der Waals surface area contributed by atoms with Gasteiger partial charge in [-0.25, -0.2) is 9.48 Å². The quantitative estimate of drug-likeness (QED) is 0.749. The number of amides is 2. The van der Waals surface area contributed by atoms with Crippen molar-refractivity contribution in [3.05, 3.63) is 36.0 Å². The molecule has 0 unspecified atom stereocenters. The molecule has 0 atom stereocenters. The van der Waals surface area contributed by atoms with E-state index in [1.54, 1.807) is 18.7 Å². The summed E-state index contributed by atoms with van der Waals surface area (Å²) in [5, 5.41) is 9.47. The molecule has 0 radical (unpaired) electrons. The Labute approximate surface area is 105 Å². The van der Waals surface area contributed by atoms with E-state index in [-0.39, 0.29) is 6.03 Å². The maximum atomic E-state index is 11.4. The Morgan fingerprint density at radius 1 is 1.33 bits per heavy atom. The first kappa shape index (κ1) is 12.0. The van der Waals surface area contributed by atoms with E-state index >= 15 is 0 Å². The van der Waals surface area contributed by atoms with Gasteiger partial charge in [-0.3, -0.25) is 5.32 Å². The number of para-hydroxylation sites is 1. The van der Waals surface area contributed by atoms with Gasteiger partial charge in [0.05, 0.1) is 17.1 Å². The van der Waals surface area contributed by atoms with Crippen LogP contribution < -0.4 is 16.4 Å². The minimum absolute atomic E-state index is 0.334. The Balaban J connectivity index is 2.48. The third kappa shape index (κ3) is 2.13. The number of aromatic nitrogens is 2. The second-order valence-corrected chi connectivity index (χ2v) is 3.80. The topological polar surface area (TPSA) is 85.0 Å². The standard InChI is InChI=1S/C12H15N5O/c1-8-10(13)11(15-12(18)14-2)17(16-8)9-6-4-3-5-7-9/h3-7H,13H2,1-2H3,(H2,14,15,18). The van der Waals surface area contributed by atoms with Gasteiger partial charge in [-0.1, -0.05) is 18.2 Å². The number of nitrogens with two attached hydrogens (primary N) is 1. The van der Waals surface area contributed by atoms with Gasteiger partial charge < -0.3 is 11.1 Å². The molecule has 0 saturated carbocycles. The zero-order chi connectivity index (χ0) is 13.1. The molecule has 0 aliphatic carbocycles. The second kappa shape index (κ2) is 4.79. The second-order valence-electron chi connectivity index (χ2n) is 3.80. The van der Waals surface area contributed by atoms with Gasteiger partial charge in [0.15, 0.2) is 5.82 Å². The van der Waals surface area contributed by atoms with Gasteiger partial charge in [-0.05, 0) is 19.1 Å². The fraction of sp³-hybridized carbons (Fsp3) is 0.167. The van der Waals surface area contributed by atoms with Crippen LogP contribution in [0, 0.1) is 6.92 Å². The molecule has 2 amide bonds. The molecule has 0 aliphatic heterocycles. The van der Waals surface area contributed by atoms with Crippen molar-refractivity contribution in [3.63, 3.8) is 0 Å². The number of aryl methyl sites for hydroxylation is 1. The third-order valence-corrected chi connectivity index (χ3v) is 2.57. The lowest BCUT2D eigenvalue weighted by atomic mass is 10.3. The molecule has 2 rings (SSSR count). The number of nitrogens with zero attached hydrogens (tertiary/aromatic N) is 2. The van der Waals surface area contributed by atoms with E-state index in [1.807, 2.05) is 30.3 Å². The van der Waals surface area contributed by atoms with Crippen molar-refractivity contribution in [2.75, 3.05) is 18.1 Å². The smallest absolute Gasteiger partial charge is 0.320 e. The lowest BCUT2D eigenvalue weighted by molar-refractivity contribution is 0.254. The van der Waals surface area contributed by atoms with Crippen LogP contribution in [0.3, 0.4) is 0 Å². The molecule has 0 fully saturated rings. The molecule has 6 heteroatoms. The van der Waals surface area contributed by atoms with Crippen LogP contribution in [0.1, 0.15) is 5.69 Å². The van der Waals surface area contributed by atoms with Crippen LogP contribution in [0.5, 0.6) is 0 Å². The molecule has 0 saturated heterocycles. The molecule has 4 N–H and O–H groups in total. The van der Waals surface area contributed by atoms with E-state index in [0.717, 1.165) is 5.69 Å².